The fourth-order valence-electron chi connectivity index (χ4n) is 1.57. The van der Waals surface area contributed by atoms with E-state index in [4.69, 9.17) is 5.26 Å². The molecule has 0 saturated heterocycles. The highest BCUT2D eigenvalue weighted by Gasteiger charge is 2.06. The summed E-state index contributed by atoms with van der Waals surface area (Å²) >= 11 is 0. The fourth-order valence-corrected chi connectivity index (χ4v) is 1.57. The van der Waals surface area contributed by atoms with Gasteiger partial charge in [0.15, 0.2) is 0 Å². The van der Waals surface area contributed by atoms with Gasteiger partial charge in [0.25, 0.3) is 0 Å². The lowest BCUT2D eigenvalue weighted by Gasteiger charge is -2.09. The highest BCUT2D eigenvalue weighted by atomic mass is 15.3. The molecule has 0 atom stereocenters. The second kappa shape index (κ2) is 5.43. The van der Waals surface area contributed by atoms with Gasteiger partial charge in [0.05, 0.1) is 23.9 Å². The summed E-state index contributed by atoms with van der Waals surface area (Å²) in [5.41, 5.74) is 1.55. The van der Waals surface area contributed by atoms with E-state index in [1.165, 1.54) is 6.33 Å². The van der Waals surface area contributed by atoms with E-state index < -0.39 is 0 Å². The first-order valence-electron chi connectivity index (χ1n) is 5.83. The molecule has 1 N–H and O–H groups in total. The van der Waals surface area contributed by atoms with Gasteiger partial charge >= 0.3 is 0 Å². The van der Waals surface area contributed by atoms with Crippen LogP contribution in [0.15, 0.2) is 30.6 Å². The Kier molecular flexibility index (Phi) is 3.70. The van der Waals surface area contributed by atoms with Crippen molar-refractivity contribution < 1.29 is 0 Å². The Labute approximate surface area is 106 Å². The van der Waals surface area contributed by atoms with Gasteiger partial charge in [-0.05, 0) is 24.3 Å². The van der Waals surface area contributed by atoms with E-state index in [0.29, 0.717) is 18.2 Å². The zero-order chi connectivity index (χ0) is 13.0. The summed E-state index contributed by atoms with van der Waals surface area (Å²) in [5.74, 6) is 0.855. The minimum absolute atomic E-state index is 0.399. The molecule has 0 bridgehead atoms. The molecule has 0 aliphatic carbocycles. The Hall–Kier alpha value is -2.19. The molecule has 0 fully saturated rings. The second-order valence-electron chi connectivity index (χ2n) is 4.28. The molecule has 0 aliphatic heterocycles. The number of hydrogen-bond donors (Lipinski definition) is 1. The minimum atomic E-state index is 0.399. The molecule has 1 heterocycles. The van der Waals surface area contributed by atoms with Crippen LogP contribution in [-0.2, 0) is 6.54 Å². The maximum Gasteiger partial charge on any atom is 0.146 e. The monoisotopic (exact) mass is 241 g/mol. The van der Waals surface area contributed by atoms with Gasteiger partial charge in [0, 0.05) is 6.04 Å². The van der Waals surface area contributed by atoms with E-state index >= 15 is 0 Å². The Morgan fingerprint density at radius 1 is 1.33 bits per heavy atom. The van der Waals surface area contributed by atoms with E-state index in [-0.39, 0.29) is 0 Å². The number of benzene rings is 1. The van der Waals surface area contributed by atoms with Crippen molar-refractivity contribution in [2.24, 2.45) is 0 Å². The van der Waals surface area contributed by atoms with E-state index in [1.807, 2.05) is 12.1 Å². The average molecular weight is 241 g/mol. The smallest absolute Gasteiger partial charge is 0.146 e. The molecule has 0 spiro atoms. The predicted molar refractivity (Wildman–Crippen MR) is 68.0 cm³/mol. The summed E-state index contributed by atoms with van der Waals surface area (Å²) in [6.07, 6.45) is 1.54. The molecular weight excluding hydrogens is 226 g/mol. The third kappa shape index (κ3) is 2.73. The Morgan fingerprint density at radius 2 is 2.06 bits per heavy atom. The van der Waals surface area contributed by atoms with Crippen LogP contribution in [0.2, 0.25) is 0 Å². The van der Waals surface area contributed by atoms with Gasteiger partial charge in [0.1, 0.15) is 12.2 Å². The topological polar surface area (TPSA) is 66.5 Å². The van der Waals surface area contributed by atoms with Gasteiger partial charge in [-0.1, -0.05) is 13.8 Å². The summed E-state index contributed by atoms with van der Waals surface area (Å²) < 4.78 is 1.77. The van der Waals surface area contributed by atoms with Gasteiger partial charge in [-0.25, -0.2) is 9.67 Å². The van der Waals surface area contributed by atoms with Crippen LogP contribution >= 0.6 is 0 Å². The van der Waals surface area contributed by atoms with Gasteiger partial charge in [-0.2, -0.15) is 10.4 Å². The number of hydrogen-bond acceptors (Lipinski definition) is 4. The van der Waals surface area contributed by atoms with Gasteiger partial charge in [-0.3, -0.25) is 0 Å². The minimum Gasteiger partial charge on any atom is -0.308 e. The summed E-state index contributed by atoms with van der Waals surface area (Å²) in [4.78, 5) is 4.23. The van der Waals surface area contributed by atoms with Crippen molar-refractivity contribution in [1.29, 1.82) is 5.26 Å². The van der Waals surface area contributed by atoms with Crippen molar-refractivity contribution in [2.75, 3.05) is 0 Å². The maximum atomic E-state index is 8.76. The Bertz CT molecular complexity index is 548. The lowest BCUT2D eigenvalue weighted by Crippen LogP contribution is -2.24. The first kappa shape index (κ1) is 12.3. The van der Waals surface area contributed by atoms with Crippen molar-refractivity contribution in [1.82, 2.24) is 20.1 Å². The van der Waals surface area contributed by atoms with E-state index in [9.17, 15) is 0 Å². The number of nitriles is 1. The van der Waals surface area contributed by atoms with Gasteiger partial charge in [-0.15, -0.1) is 0 Å². The van der Waals surface area contributed by atoms with Crippen LogP contribution in [-0.4, -0.2) is 20.8 Å². The van der Waals surface area contributed by atoms with Crippen LogP contribution in [0.4, 0.5) is 0 Å². The van der Waals surface area contributed by atoms with Crippen molar-refractivity contribution >= 4 is 0 Å². The highest BCUT2D eigenvalue weighted by molar-refractivity contribution is 5.39. The van der Waals surface area contributed by atoms with E-state index in [2.05, 4.69) is 35.3 Å². The molecule has 18 heavy (non-hydrogen) atoms. The molecule has 0 radical (unpaired) electrons. The van der Waals surface area contributed by atoms with Crippen molar-refractivity contribution in [3.8, 4) is 11.8 Å². The van der Waals surface area contributed by atoms with Crippen LogP contribution in [0, 0.1) is 11.3 Å². The quantitative estimate of drug-likeness (QED) is 0.883. The third-order valence-electron chi connectivity index (χ3n) is 2.53. The van der Waals surface area contributed by atoms with Crippen molar-refractivity contribution in [2.45, 2.75) is 26.4 Å². The molecule has 1 aromatic heterocycles. The largest absolute Gasteiger partial charge is 0.308 e. The van der Waals surface area contributed by atoms with E-state index in [0.717, 1.165) is 11.5 Å². The zero-order valence-electron chi connectivity index (χ0n) is 10.5. The fraction of sp³-hybridized carbons (Fsp3) is 0.308. The SMILES string of the molecule is CC(C)NCc1ncnn1-c1ccc(C#N)cc1. The molecule has 2 rings (SSSR count). The summed E-state index contributed by atoms with van der Waals surface area (Å²) in [6.45, 7) is 4.84. The van der Waals surface area contributed by atoms with Gasteiger partial charge < -0.3 is 5.32 Å². The summed E-state index contributed by atoms with van der Waals surface area (Å²) in [6, 6.07) is 9.78. The van der Waals surface area contributed by atoms with Crippen LogP contribution in [0.25, 0.3) is 5.69 Å². The predicted octanol–water partition coefficient (Wildman–Crippen LogP) is 1.64. The Morgan fingerprint density at radius 3 is 2.67 bits per heavy atom. The zero-order valence-corrected chi connectivity index (χ0v) is 10.5. The molecule has 5 heteroatoms. The first-order chi connectivity index (χ1) is 8.70. The molecule has 0 aliphatic rings. The van der Waals surface area contributed by atoms with Crippen LogP contribution in [0.1, 0.15) is 25.2 Å². The first-order valence-corrected chi connectivity index (χ1v) is 5.83. The Balaban J connectivity index is 2.22. The lowest BCUT2D eigenvalue weighted by atomic mass is 10.2. The molecule has 92 valence electrons. The van der Waals surface area contributed by atoms with Crippen molar-refractivity contribution in [3.05, 3.63) is 42.0 Å². The molecule has 0 saturated carbocycles. The molecule has 2 aromatic rings. The molecule has 5 nitrogen and oxygen atoms in total. The normalized spacial score (nSPS) is 10.6. The van der Waals surface area contributed by atoms with Crippen LogP contribution in [0.3, 0.4) is 0 Å². The number of nitrogens with zero attached hydrogens (tertiary/aromatic N) is 4. The number of rotatable bonds is 4. The number of aromatic nitrogens is 3. The molecule has 1 aromatic carbocycles. The second-order valence-corrected chi connectivity index (χ2v) is 4.28. The van der Waals surface area contributed by atoms with E-state index in [1.54, 1.807) is 16.8 Å². The van der Waals surface area contributed by atoms with Crippen LogP contribution in [0.5, 0.6) is 0 Å². The standard InChI is InChI=1S/C13H15N5/c1-10(2)15-8-13-16-9-17-18(13)12-5-3-11(7-14)4-6-12/h3-6,9-10,15H,8H2,1-2H3. The summed E-state index contributed by atoms with van der Waals surface area (Å²) in [7, 11) is 0. The lowest BCUT2D eigenvalue weighted by molar-refractivity contribution is 0.563. The van der Waals surface area contributed by atoms with Gasteiger partial charge in [0.2, 0.25) is 0 Å². The average Bonchev–Trinajstić information content (AvgIpc) is 2.85. The third-order valence-corrected chi connectivity index (χ3v) is 2.53. The molecular formula is C13H15N5. The highest BCUT2D eigenvalue weighted by Crippen LogP contribution is 2.10. The maximum absolute atomic E-state index is 8.76. The molecule has 0 unspecified atom stereocenters. The number of nitrogens with one attached hydrogen (secondary N) is 1. The van der Waals surface area contributed by atoms with Crippen LogP contribution < -0.4 is 5.32 Å². The molecule has 0 amide bonds. The summed E-state index contributed by atoms with van der Waals surface area (Å²) in [5, 5.41) is 16.3. The van der Waals surface area contributed by atoms with Crippen molar-refractivity contribution in [3.63, 3.8) is 0 Å².